The third-order valence-electron chi connectivity index (χ3n) is 4.31. The highest BCUT2D eigenvalue weighted by molar-refractivity contribution is 5.94. The molecule has 0 aromatic heterocycles. The maximum atomic E-state index is 12.7. The number of fused-ring (bicyclic) bond motifs is 1. The predicted octanol–water partition coefficient (Wildman–Crippen LogP) is 3.85. The third-order valence-corrected chi connectivity index (χ3v) is 4.31. The summed E-state index contributed by atoms with van der Waals surface area (Å²) in [5, 5.41) is 0. The summed E-state index contributed by atoms with van der Waals surface area (Å²) in [5.41, 5.74) is 10.1. The molecule has 2 N–H and O–H groups in total. The Balaban J connectivity index is 0.00000192. The molecule has 0 spiro atoms. The molecule has 0 radical (unpaired) electrons. The molecule has 3 rings (SSSR count). The summed E-state index contributed by atoms with van der Waals surface area (Å²) in [7, 11) is 0. The van der Waals surface area contributed by atoms with Crippen molar-refractivity contribution in [2.24, 2.45) is 5.92 Å². The quantitative estimate of drug-likeness (QED) is 0.869. The maximum Gasteiger partial charge on any atom is 0.227 e. The lowest BCUT2D eigenvalue weighted by Crippen LogP contribution is -2.39. The number of nitrogen functional groups attached to an aromatic ring is 1. The normalized spacial score (nSPS) is 16.4. The standard InChI is InChI=1S/C19H22N2O.ClH/c1-14-12-16-7-3-5-9-18(16)21(13-14)19(22)11-10-15-6-2-4-8-17(15)20;/h2-9,14H,10-13,20H2,1H3;1H. The first-order valence-electron chi connectivity index (χ1n) is 7.87. The fourth-order valence-electron chi connectivity index (χ4n) is 3.17. The Kier molecular flexibility index (Phi) is 5.67. The van der Waals surface area contributed by atoms with Crippen LogP contribution >= 0.6 is 12.4 Å². The first-order chi connectivity index (χ1) is 10.6. The van der Waals surface area contributed by atoms with Crippen molar-refractivity contribution in [3.63, 3.8) is 0 Å². The monoisotopic (exact) mass is 330 g/mol. The molecule has 1 aliphatic heterocycles. The number of rotatable bonds is 3. The van der Waals surface area contributed by atoms with E-state index in [0.29, 0.717) is 18.8 Å². The van der Waals surface area contributed by atoms with Gasteiger partial charge in [-0.05, 0) is 42.0 Å². The van der Waals surface area contributed by atoms with E-state index in [-0.39, 0.29) is 18.3 Å². The number of hydrogen-bond donors (Lipinski definition) is 1. The van der Waals surface area contributed by atoms with Gasteiger partial charge >= 0.3 is 0 Å². The predicted molar refractivity (Wildman–Crippen MR) is 98.1 cm³/mol. The van der Waals surface area contributed by atoms with E-state index in [2.05, 4.69) is 19.1 Å². The summed E-state index contributed by atoms with van der Waals surface area (Å²) in [6.45, 7) is 3.01. The molecule has 2 aromatic carbocycles. The fraction of sp³-hybridized carbons (Fsp3) is 0.316. The lowest BCUT2D eigenvalue weighted by Gasteiger charge is -2.33. The van der Waals surface area contributed by atoms with Crippen molar-refractivity contribution in [3.05, 3.63) is 59.7 Å². The molecule has 1 amide bonds. The van der Waals surface area contributed by atoms with Gasteiger partial charge in [-0.3, -0.25) is 4.79 Å². The second kappa shape index (κ2) is 7.51. The van der Waals surface area contributed by atoms with Crippen LogP contribution in [0.2, 0.25) is 0 Å². The van der Waals surface area contributed by atoms with Gasteiger partial charge in [-0.2, -0.15) is 0 Å². The molecule has 0 saturated carbocycles. The van der Waals surface area contributed by atoms with Crippen LogP contribution in [-0.2, 0) is 17.6 Å². The highest BCUT2D eigenvalue weighted by Crippen LogP contribution is 2.30. The van der Waals surface area contributed by atoms with Crippen molar-refractivity contribution in [1.82, 2.24) is 0 Å². The highest BCUT2D eigenvalue weighted by atomic mass is 35.5. The topological polar surface area (TPSA) is 46.3 Å². The first-order valence-corrected chi connectivity index (χ1v) is 7.87. The molecule has 0 saturated heterocycles. The van der Waals surface area contributed by atoms with E-state index in [1.54, 1.807) is 0 Å². The SMILES string of the molecule is CC1Cc2ccccc2N(C(=O)CCc2ccccc2N)C1.Cl. The van der Waals surface area contributed by atoms with Gasteiger partial charge in [0, 0.05) is 24.3 Å². The van der Waals surface area contributed by atoms with Crippen LogP contribution in [0.5, 0.6) is 0 Å². The number of amides is 1. The number of nitrogens with two attached hydrogens (primary N) is 1. The van der Waals surface area contributed by atoms with E-state index in [0.717, 1.165) is 29.9 Å². The number of anilines is 2. The summed E-state index contributed by atoms with van der Waals surface area (Å²) in [4.78, 5) is 14.6. The number of hydrogen-bond acceptors (Lipinski definition) is 2. The van der Waals surface area contributed by atoms with Crippen molar-refractivity contribution in [1.29, 1.82) is 0 Å². The van der Waals surface area contributed by atoms with Gasteiger partial charge < -0.3 is 10.6 Å². The Morgan fingerprint density at radius 1 is 1.17 bits per heavy atom. The Bertz CT molecular complexity index is 687. The molecule has 23 heavy (non-hydrogen) atoms. The molecule has 0 fully saturated rings. The zero-order chi connectivity index (χ0) is 15.5. The van der Waals surface area contributed by atoms with Crippen LogP contribution in [0, 0.1) is 5.92 Å². The van der Waals surface area contributed by atoms with Crippen LogP contribution in [0.3, 0.4) is 0 Å². The van der Waals surface area contributed by atoms with Gasteiger partial charge in [0.15, 0.2) is 0 Å². The average molecular weight is 331 g/mol. The van der Waals surface area contributed by atoms with Gasteiger partial charge in [0.2, 0.25) is 5.91 Å². The van der Waals surface area contributed by atoms with E-state index in [1.807, 2.05) is 41.3 Å². The zero-order valence-electron chi connectivity index (χ0n) is 13.4. The first kappa shape index (κ1) is 17.4. The van der Waals surface area contributed by atoms with Crippen molar-refractivity contribution in [2.45, 2.75) is 26.2 Å². The molecule has 0 aliphatic carbocycles. The van der Waals surface area contributed by atoms with Crippen LogP contribution < -0.4 is 10.6 Å². The van der Waals surface area contributed by atoms with Crippen molar-refractivity contribution in [3.8, 4) is 0 Å². The Morgan fingerprint density at radius 2 is 1.87 bits per heavy atom. The minimum Gasteiger partial charge on any atom is -0.399 e. The van der Waals surface area contributed by atoms with E-state index in [1.165, 1.54) is 5.56 Å². The van der Waals surface area contributed by atoms with Crippen LogP contribution in [-0.4, -0.2) is 12.5 Å². The second-order valence-corrected chi connectivity index (χ2v) is 6.14. The van der Waals surface area contributed by atoms with Crippen molar-refractivity contribution < 1.29 is 4.79 Å². The van der Waals surface area contributed by atoms with E-state index >= 15 is 0 Å². The fourth-order valence-corrected chi connectivity index (χ4v) is 3.17. The molecule has 122 valence electrons. The zero-order valence-corrected chi connectivity index (χ0v) is 14.2. The Morgan fingerprint density at radius 3 is 2.65 bits per heavy atom. The molecule has 2 aromatic rings. The summed E-state index contributed by atoms with van der Waals surface area (Å²) in [5.74, 6) is 0.683. The van der Waals surface area contributed by atoms with Gasteiger partial charge in [0.05, 0.1) is 0 Å². The van der Waals surface area contributed by atoms with Crippen molar-refractivity contribution >= 4 is 29.7 Å². The number of para-hydroxylation sites is 2. The van der Waals surface area contributed by atoms with Gasteiger partial charge in [-0.1, -0.05) is 43.3 Å². The van der Waals surface area contributed by atoms with Crippen molar-refractivity contribution in [2.75, 3.05) is 17.2 Å². The number of nitrogens with zero attached hydrogens (tertiary/aromatic N) is 1. The number of halogens is 1. The molecule has 4 heteroatoms. The Hall–Kier alpha value is -2.00. The van der Waals surface area contributed by atoms with E-state index in [9.17, 15) is 4.79 Å². The molecule has 1 heterocycles. The van der Waals surface area contributed by atoms with Gasteiger partial charge in [-0.15, -0.1) is 12.4 Å². The van der Waals surface area contributed by atoms with E-state index < -0.39 is 0 Å². The molecule has 1 unspecified atom stereocenters. The minimum absolute atomic E-state index is 0. The number of carbonyl (C=O) groups is 1. The van der Waals surface area contributed by atoms with E-state index in [4.69, 9.17) is 5.73 Å². The van der Waals surface area contributed by atoms with Crippen LogP contribution in [0.25, 0.3) is 0 Å². The number of carbonyl (C=O) groups excluding carboxylic acids is 1. The summed E-state index contributed by atoms with van der Waals surface area (Å²) >= 11 is 0. The summed E-state index contributed by atoms with van der Waals surface area (Å²) in [6.07, 6.45) is 2.24. The molecule has 0 bridgehead atoms. The number of benzene rings is 2. The van der Waals surface area contributed by atoms with Crippen LogP contribution in [0.15, 0.2) is 48.5 Å². The largest absolute Gasteiger partial charge is 0.399 e. The van der Waals surface area contributed by atoms with Gasteiger partial charge in [0.1, 0.15) is 0 Å². The molecule has 3 nitrogen and oxygen atoms in total. The van der Waals surface area contributed by atoms with Gasteiger partial charge in [-0.25, -0.2) is 0 Å². The molecular formula is C19H23ClN2O. The summed E-state index contributed by atoms with van der Waals surface area (Å²) in [6, 6.07) is 16.0. The molecular weight excluding hydrogens is 308 g/mol. The Labute approximate surface area is 143 Å². The lowest BCUT2D eigenvalue weighted by atomic mass is 9.93. The smallest absolute Gasteiger partial charge is 0.227 e. The third kappa shape index (κ3) is 3.85. The molecule has 1 aliphatic rings. The number of aryl methyl sites for hydroxylation is 1. The average Bonchev–Trinajstić information content (AvgIpc) is 2.53. The summed E-state index contributed by atoms with van der Waals surface area (Å²) < 4.78 is 0. The van der Waals surface area contributed by atoms with Crippen LogP contribution in [0.4, 0.5) is 11.4 Å². The van der Waals surface area contributed by atoms with Gasteiger partial charge in [0.25, 0.3) is 0 Å². The van der Waals surface area contributed by atoms with Crippen LogP contribution in [0.1, 0.15) is 24.5 Å². The highest BCUT2D eigenvalue weighted by Gasteiger charge is 2.25. The lowest BCUT2D eigenvalue weighted by molar-refractivity contribution is -0.118. The maximum absolute atomic E-state index is 12.7. The molecule has 1 atom stereocenters. The minimum atomic E-state index is 0. The second-order valence-electron chi connectivity index (χ2n) is 6.14.